The Morgan fingerprint density at radius 3 is 2.82 bits per heavy atom. The Labute approximate surface area is 133 Å². The van der Waals surface area contributed by atoms with Crippen LogP contribution in [0.3, 0.4) is 0 Å². The van der Waals surface area contributed by atoms with Crippen molar-refractivity contribution in [2.75, 3.05) is 0 Å². The molecule has 0 unspecified atom stereocenters. The maximum Gasteiger partial charge on any atom is 0.328 e. The summed E-state index contributed by atoms with van der Waals surface area (Å²) in [4.78, 5) is 12.5. The molecule has 1 heterocycles. The lowest BCUT2D eigenvalue weighted by molar-refractivity contribution is -0.131. The van der Waals surface area contributed by atoms with Gasteiger partial charge in [0.25, 0.3) is 0 Å². The summed E-state index contributed by atoms with van der Waals surface area (Å²) in [6.07, 6.45) is 2.77. The molecule has 1 aromatic carbocycles. The van der Waals surface area contributed by atoms with E-state index in [1.54, 1.807) is 19.1 Å². The minimum Gasteiger partial charge on any atom is -0.478 e. The van der Waals surface area contributed by atoms with Crippen molar-refractivity contribution in [2.24, 2.45) is 0 Å². The molecule has 0 bridgehead atoms. The number of rotatable bonds is 6. The summed E-state index contributed by atoms with van der Waals surface area (Å²) in [6, 6.07) is 5.40. The van der Waals surface area contributed by atoms with E-state index in [1.807, 2.05) is 13.0 Å². The van der Waals surface area contributed by atoms with Crippen molar-refractivity contribution in [3.8, 4) is 0 Å². The smallest absolute Gasteiger partial charge is 0.328 e. The number of nitrogens with zero attached hydrogens (tertiary/aromatic N) is 4. The molecule has 2 rings (SSSR count). The first-order valence-corrected chi connectivity index (χ1v) is 7.34. The van der Waals surface area contributed by atoms with Gasteiger partial charge in [-0.15, -0.1) is 10.2 Å². The minimum absolute atomic E-state index is 0.386. The molecule has 2 aromatic rings. The van der Waals surface area contributed by atoms with Gasteiger partial charge >= 0.3 is 5.97 Å². The summed E-state index contributed by atoms with van der Waals surface area (Å²) in [5, 5.41) is 21.6. The van der Waals surface area contributed by atoms with Crippen LogP contribution >= 0.6 is 11.6 Å². The summed E-state index contributed by atoms with van der Waals surface area (Å²) >= 11 is 6.07. The highest BCUT2D eigenvalue weighted by atomic mass is 35.5. The summed E-state index contributed by atoms with van der Waals surface area (Å²) in [5.74, 6) is -0.377. The maximum absolute atomic E-state index is 11.1. The van der Waals surface area contributed by atoms with Crippen LogP contribution in [0, 0.1) is 6.92 Å². The summed E-state index contributed by atoms with van der Waals surface area (Å²) in [6.45, 7) is 4.15. The van der Waals surface area contributed by atoms with Crippen LogP contribution in [0.2, 0.25) is 5.02 Å². The van der Waals surface area contributed by atoms with Gasteiger partial charge in [-0.25, -0.2) is 4.79 Å². The normalized spacial score (nSPS) is 11.7. The first-order chi connectivity index (χ1) is 10.5. The van der Waals surface area contributed by atoms with Gasteiger partial charge in [0.05, 0.1) is 6.54 Å². The predicted octanol–water partition coefficient (Wildman–Crippen LogP) is 2.95. The fraction of sp³-hybridized carbons (Fsp3) is 0.333. The van der Waals surface area contributed by atoms with Gasteiger partial charge in [-0.2, -0.15) is 4.80 Å². The Morgan fingerprint density at radius 2 is 2.23 bits per heavy atom. The molecule has 0 aliphatic carbocycles. The number of tetrazole rings is 1. The number of hydrogen-bond donors (Lipinski definition) is 1. The van der Waals surface area contributed by atoms with Crippen molar-refractivity contribution >= 4 is 23.1 Å². The van der Waals surface area contributed by atoms with E-state index >= 15 is 0 Å². The molecule has 0 aliphatic rings. The van der Waals surface area contributed by atoms with Crippen LogP contribution in [0.15, 0.2) is 24.3 Å². The predicted molar refractivity (Wildman–Crippen MR) is 83.6 cm³/mol. The zero-order valence-corrected chi connectivity index (χ0v) is 13.2. The highest BCUT2D eigenvalue weighted by molar-refractivity contribution is 6.30. The lowest BCUT2D eigenvalue weighted by Crippen LogP contribution is -2.07. The average molecular weight is 321 g/mol. The molecule has 7 heteroatoms. The highest BCUT2D eigenvalue weighted by Crippen LogP contribution is 2.26. The number of carboxylic acids is 1. The topological polar surface area (TPSA) is 80.9 Å². The van der Waals surface area contributed by atoms with Crippen LogP contribution in [-0.4, -0.2) is 31.3 Å². The quantitative estimate of drug-likeness (QED) is 0.828. The molecule has 0 saturated heterocycles. The minimum atomic E-state index is -0.959. The molecule has 0 atom stereocenters. The molecule has 0 amide bonds. The first kappa shape index (κ1) is 16.2. The monoisotopic (exact) mass is 320 g/mol. The fourth-order valence-corrected chi connectivity index (χ4v) is 2.45. The van der Waals surface area contributed by atoms with Gasteiger partial charge in [0, 0.05) is 11.1 Å². The maximum atomic E-state index is 11.1. The molecule has 1 aromatic heterocycles. The second-order valence-electron chi connectivity index (χ2n) is 4.93. The number of hydrogen-bond acceptors (Lipinski definition) is 4. The van der Waals surface area contributed by atoms with Crippen LogP contribution in [0.1, 0.15) is 36.7 Å². The van der Waals surface area contributed by atoms with E-state index in [9.17, 15) is 4.79 Å². The molecule has 6 nitrogen and oxygen atoms in total. The molecule has 0 spiro atoms. The van der Waals surface area contributed by atoms with E-state index in [4.69, 9.17) is 16.7 Å². The number of aryl methyl sites for hydroxylation is 1. The van der Waals surface area contributed by atoms with E-state index in [-0.39, 0.29) is 0 Å². The second kappa shape index (κ2) is 7.17. The lowest BCUT2D eigenvalue weighted by atomic mass is 9.96. The number of halogens is 1. The van der Waals surface area contributed by atoms with Gasteiger partial charge in [0.2, 0.25) is 0 Å². The summed E-state index contributed by atoms with van der Waals surface area (Å²) < 4.78 is 0. The second-order valence-corrected chi connectivity index (χ2v) is 5.36. The third-order valence-corrected chi connectivity index (χ3v) is 3.33. The van der Waals surface area contributed by atoms with E-state index in [1.165, 1.54) is 10.9 Å². The summed E-state index contributed by atoms with van der Waals surface area (Å²) in [7, 11) is 0. The number of aromatic nitrogens is 4. The zero-order chi connectivity index (χ0) is 16.1. The van der Waals surface area contributed by atoms with Gasteiger partial charge in [-0.1, -0.05) is 31.0 Å². The van der Waals surface area contributed by atoms with Crippen LogP contribution < -0.4 is 0 Å². The Balaban J connectivity index is 2.43. The summed E-state index contributed by atoms with van der Waals surface area (Å²) in [5.41, 5.74) is 2.48. The molecule has 0 radical (unpaired) electrons. The van der Waals surface area contributed by atoms with Gasteiger partial charge < -0.3 is 5.11 Å². The van der Waals surface area contributed by atoms with Gasteiger partial charge in [-0.3, -0.25) is 0 Å². The number of aliphatic carboxylic acids is 1. The van der Waals surface area contributed by atoms with E-state index in [0.29, 0.717) is 23.8 Å². The van der Waals surface area contributed by atoms with Crippen LogP contribution in [-0.2, 0) is 11.3 Å². The highest BCUT2D eigenvalue weighted by Gasteiger charge is 2.11. The van der Waals surface area contributed by atoms with Gasteiger partial charge in [-0.05, 0) is 47.4 Å². The van der Waals surface area contributed by atoms with Crippen molar-refractivity contribution < 1.29 is 9.90 Å². The van der Waals surface area contributed by atoms with Gasteiger partial charge in [0.15, 0.2) is 5.82 Å². The average Bonchev–Trinajstić information content (AvgIpc) is 2.83. The van der Waals surface area contributed by atoms with Crippen molar-refractivity contribution in [1.29, 1.82) is 0 Å². The SMILES string of the molecule is CCC/C(=C/C(=O)O)c1ccc(Cl)cc1Cn1nnc(C)n1. The third kappa shape index (κ3) is 4.14. The first-order valence-electron chi connectivity index (χ1n) is 6.96. The van der Waals surface area contributed by atoms with Crippen LogP contribution in [0.4, 0.5) is 0 Å². The standard InChI is InChI=1S/C15H17ClN4O2/c1-3-4-11(8-15(21)22)14-6-5-13(16)7-12(14)9-20-18-10(2)17-19-20/h5-8H,3-4,9H2,1-2H3,(H,21,22)/b11-8-. The van der Waals surface area contributed by atoms with E-state index < -0.39 is 5.97 Å². The lowest BCUT2D eigenvalue weighted by Gasteiger charge is -2.12. The molecular formula is C15H17ClN4O2. The molecule has 0 saturated carbocycles. The van der Waals surface area contributed by atoms with Crippen LogP contribution in [0.5, 0.6) is 0 Å². The van der Waals surface area contributed by atoms with Crippen molar-refractivity contribution in [3.05, 3.63) is 46.2 Å². The number of allylic oxidation sites excluding steroid dienone is 1. The Kier molecular flexibility index (Phi) is 5.27. The van der Waals surface area contributed by atoms with E-state index in [0.717, 1.165) is 23.1 Å². The molecule has 1 N–H and O–H groups in total. The number of carboxylic acid groups (broad SMARTS) is 1. The Hall–Kier alpha value is -2.21. The molecule has 0 fully saturated rings. The molecule has 22 heavy (non-hydrogen) atoms. The molecular weight excluding hydrogens is 304 g/mol. The third-order valence-electron chi connectivity index (χ3n) is 3.09. The Morgan fingerprint density at radius 1 is 1.45 bits per heavy atom. The van der Waals surface area contributed by atoms with Crippen LogP contribution in [0.25, 0.3) is 5.57 Å². The zero-order valence-electron chi connectivity index (χ0n) is 12.5. The van der Waals surface area contributed by atoms with Crippen molar-refractivity contribution in [1.82, 2.24) is 20.2 Å². The number of benzene rings is 1. The number of carbonyl (C=O) groups is 1. The van der Waals surface area contributed by atoms with Crippen molar-refractivity contribution in [2.45, 2.75) is 33.2 Å². The molecule has 0 aliphatic heterocycles. The van der Waals surface area contributed by atoms with Crippen molar-refractivity contribution in [3.63, 3.8) is 0 Å². The fourth-order valence-electron chi connectivity index (χ4n) is 2.25. The van der Waals surface area contributed by atoms with E-state index in [2.05, 4.69) is 15.4 Å². The Bertz CT molecular complexity index is 709. The van der Waals surface area contributed by atoms with Gasteiger partial charge in [0.1, 0.15) is 0 Å². The molecule has 116 valence electrons. The largest absolute Gasteiger partial charge is 0.478 e.